The van der Waals surface area contributed by atoms with E-state index in [9.17, 15) is 24.9 Å². The molecule has 5 N–H and O–H groups in total. The minimum absolute atomic E-state index is 0.173. The van der Waals surface area contributed by atoms with Gasteiger partial charge in [-0.2, -0.15) is 0 Å². The average molecular weight is 927 g/mol. The number of hydrogen-bond acceptors (Lipinski definition) is 15. The lowest BCUT2D eigenvalue weighted by molar-refractivity contribution is -0.295. The highest BCUT2D eigenvalue weighted by atomic mass is 16.7. The van der Waals surface area contributed by atoms with Gasteiger partial charge in [-0.1, -0.05) is 87.4 Å². The Bertz CT molecular complexity index is 1780. The molecule has 0 unspecified atom stereocenters. The first-order valence-corrected chi connectivity index (χ1v) is 24.0. The van der Waals surface area contributed by atoms with Crippen LogP contribution in [0.2, 0.25) is 0 Å². The minimum Gasteiger partial charge on any atom is -0.459 e. The Kier molecular flexibility index (Phi) is 22.1. The maximum Gasteiger partial charge on any atom is 0.316 e. The molecule has 4 rings (SSSR count). The molecule has 2 aliphatic heterocycles. The molecule has 0 aliphatic carbocycles. The summed E-state index contributed by atoms with van der Waals surface area (Å²) in [5.41, 5.74) is 0.971. The standard InChI is InChI=1S/C51H82N4O11/c1-12-42-51(8,60)46(58)35(4)43(54-63-29-26-52-24-16-27-62-28-17-25-53-32-38-20-22-40(23-21-38)39-18-14-13-15-19-39)33(2)31-50(7,61-11)47(36(5)44(56)37(6)48(59)65-42)66-49-45(57)41(55(9)10)30-34(3)64-49/h13-15,18-23,33-37,41-42,45-47,49,52-53,57-58,60H,12,16-17,24-32H2,1-11H3/b54-43+/t33-,34-,35-,36+,37-,41+,42-,45-,46-,47-,49+,50+,51-/m1/s1. The van der Waals surface area contributed by atoms with Crippen molar-refractivity contribution in [2.75, 3.05) is 60.7 Å². The molecule has 15 heteroatoms. The van der Waals surface area contributed by atoms with E-state index in [4.69, 9.17) is 28.5 Å². The zero-order valence-electron chi connectivity index (χ0n) is 41.5. The van der Waals surface area contributed by atoms with Crippen molar-refractivity contribution >= 4 is 17.5 Å². The van der Waals surface area contributed by atoms with Gasteiger partial charge in [0.25, 0.3) is 0 Å². The summed E-state index contributed by atoms with van der Waals surface area (Å²) in [6.07, 6.45) is -3.31. The molecule has 2 aromatic rings. The molecular formula is C51H82N4O11. The monoisotopic (exact) mass is 927 g/mol. The Balaban J connectivity index is 1.36. The van der Waals surface area contributed by atoms with Crippen molar-refractivity contribution in [2.45, 2.75) is 148 Å². The van der Waals surface area contributed by atoms with Crippen LogP contribution in [0.15, 0.2) is 59.8 Å². The van der Waals surface area contributed by atoms with Gasteiger partial charge in [-0.05, 0) is 104 Å². The van der Waals surface area contributed by atoms with Gasteiger partial charge in [0, 0.05) is 57.2 Å². The molecule has 2 fully saturated rings. The summed E-state index contributed by atoms with van der Waals surface area (Å²) < 4.78 is 30.8. The van der Waals surface area contributed by atoms with Crippen LogP contribution >= 0.6 is 0 Å². The van der Waals surface area contributed by atoms with Crippen LogP contribution in [-0.2, 0) is 44.7 Å². The second kappa shape index (κ2) is 26.4. The molecule has 0 amide bonds. The van der Waals surface area contributed by atoms with Crippen molar-refractivity contribution < 1.29 is 53.4 Å². The summed E-state index contributed by atoms with van der Waals surface area (Å²) in [7, 11) is 5.29. The van der Waals surface area contributed by atoms with E-state index >= 15 is 0 Å². The first kappa shape index (κ1) is 55.2. The number of ether oxygens (including phenoxy) is 5. The first-order valence-electron chi connectivity index (χ1n) is 24.0. The quantitative estimate of drug-likeness (QED) is 0.0494. The van der Waals surface area contributed by atoms with E-state index in [1.165, 1.54) is 37.6 Å². The maximum absolute atomic E-state index is 14.2. The number of aliphatic hydroxyl groups excluding tert-OH is 2. The van der Waals surface area contributed by atoms with Gasteiger partial charge in [-0.15, -0.1) is 0 Å². The number of methoxy groups -OCH3 is 1. The second-order valence-electron chi connectivity index (χ2n) is 19.1. The number of esters is 1. The lowest BCUT2D eigenvalue weighted by atomic mass is 9.74. The highest BCUT2D eigenvalue weighted by molar-refractivity contribution is 6.00. The summed E-state index contributed by atoms with van der Waals surface area (Å²) in [6.45, 7) is 18.1. The molecule has 2 aliphatic rings. The number of nitrogens with zero attached hydrogens (tertiary/aromatic N) is 2. The van der Waals surface area contributed by atoms with E-state index < -0.39 is 77.3 Å². The molecule has 0 spiro atoms. The topological polar surface area (TPSA) is 190 Å². The molecule has 13 atom stereocenters. The number of cyclic esters (lactones) is 1. The summed E-state index contributed by atoms with van der Waals surface area (Å²) in [4.78, 5) is 35.7. The van der Waals surface area contributed by atoms with Crippen molar-refractivity contribution in [3.63, 3.8) is 0 Å². The third kappa shape index (κ3) is 15.1. The third-order valence-electron chi connectivity index (χ3n) is 13.6. The van der Waals surface area contributed by atoms with Crippen LogP contribution in [0.4, 0.5) is 0 Å². The maximum atomic E-state index is 14.2. The Labute approximate surface area is 394 Å². The zero-order chi connectivity index (χ0) is 48.6. The molecule has 0 saturated carbocycles. The lowest BCUT2D eigenvalue weighted by Gasteiger charge is -2.47. The first-order chi connectivity index (χ1) is 31.4. The van der Waals surface area contributed by atoms with E-state index in [-0.39, 0.29) is 31.6 Å². The van der Waals surface area contributed by atoms with Crippen LogP contribution in [0.3, 0.4) is 0 Å². The van der Waals surface area contributed by atoms with Gasteiger partial charge in [0.1, 0.15) is 30.3 Å². The molecule has 2 saturated heterocycles. The van der Waals surface area contributed by atoms with Crippen molar-refractivity contribution in [3.8, 4) is 11.1 Å². The minimum atomic E-state index is -1.91. The number of benzene rings is 2. The summed E-state index contributed by atoms with van der Waals surface area (Å²) in [5, 5.41) is 46.6. The van der Waals surface area contributed by atoms with E-state index in [1.54, 1.807) is 20.8 Å². The molecule has 0 bridgehead atoms. The number of Topliss-reactive ketones (excluding diaryl/α,β-unsaturated/α-hetero) is 1. The molecule has 2 heterocycles. The van der Waals surface area contributed by atoms with E-state index in [2.05, 4.69) is 64.3 Å². The van der Waals surface area contributed by atoms with Crippen molar-refractivity contribution in [1.82, 2.24) is 15.5 Å². The fourth-order valence-corrected chi connectivity index (χ4v) is 9.36. The normalized spacial score (nSPS) is 33.4. The SMILES string of the molecule is CC[C@H]1OC(=O)[C@H](C)C(=O)[C@H](C)[C@@H](O[C@@H]2O[C@H](C)C[C@H](N(C)C)[C@H]2O)[C@@](C)(OC)C[C@@H](C)/C(=N\OCCNCCCOCCCNCc2ccc(-c3ccccc3)cc2)[C@@H](C)[C@@H](O)[C@]1(C)O. The Morgan fingerprint density at radius 3 is 2.12 bits per heavy atom. The third-order valence-corrected chi connectivity index (χ3v) is 13.6. The number of aliphatic hydroxyl groups is 3. The van der Waals surface area contributed by atoms with Gasteiger partial charge in [0.15, 0.2) is 12.1 Å². The van der Waals surface area contributed by atoms with Crippen molar-refractivity contribution in [3.05, 3.63) is 60.2 Å². The molecule has 372 valence electrons. The zero-order valence-corrected chi connectivity index (χ0v) is 41.5. The van der Waals surface area contributed by atoms with Gasteiger partial charge in [0.05, 0.1) is 29.6 Å². The molecular weight excluding hydrogens is 845 g/mol. The predicted octanol–water partition coefficient (Wildman–Crippen LogP) is 5.37. The highest BCUT2D eigenvalue weighted by Gasteiger charge is 2.51. The van der Waals surface area contributed by atoms with Crippen LogP contribution in [0.5, 0.6) is 0 Å². The largest absolute Gasteiger partial charge is 0.459 e. The number of carbonyl (C=O) groups excluding carboxylic acids is 2. The Hall–Kier alpha value is -3.35. The number of rotatable bonds is 20. The molecule has 66 heavy (non-hydrogen) atoms. The highest BCUT2D eigenvalue weighted by Crippen LogP contribution is 2.38. The van der Waals surface area contributed by atoms with E-state index in [1.807, 2.05) is 45.8 Å². The van der Waals surface area contributed by atoms with Crippen LogP contribution in [0.25, 0.3) is 11.1 Å². The summed E-state index contributed by atoms with van der Waals surface area (Å²) in [6, 6.07) is 18.7. The second-order valence-corrected chi connectivity index (χ2v) is 19.1. The van der Waals surface area contributed by atoms with Crippen LogP contribution in [0, 0.1) is 23.7 Å². The van der Waals surface area contributed by atoms with Crippen LogP contribution in [-0.4, -0.2) is 152 Å². The van der Waals surface area contributed by atoms with E-state index in [0.29, 0.717) is 31.9 Å². The smallest absolute Gasteiger partial charge is 0.316 e. The van der Waals surface area contributed by atoms with E-state index in [0.717, 1.165) is 32.5 Å². The fourth-order valence-electron chi connectivity index (χ4n) is 9.36. The van der Waals surface area contributed by atoms with Crippen LogP contribution < -0.4 is 10.6 Å². The molecule has 0 radical (unpaired) electrons. The molecule has 0 aromatic heterocycles. The summed E-state index contributed by atoms with van der Waals surface area (Å²) in [5.74, 6) is -4.71. The van der Waals surface area contributed by atoms with Crippen molar-refractivity contribution in [2.24, 2.45) is 28.8 Å². The van der Waals surface area contributed by atoms with Gasteiger partial charge >= 0.3 is 5.97 Å². The number of carbonyl (C=O) groups is 2. The predicted molar refractivity (Wildman–Crippen MR) is 256 cm³/mol. The van der Waals surface area contributed by atoms with Gasteiger partial charge in [-0.3, -0.25) is 9.59 Å². The van der Waals surface area contributed by atoms with Gasteiger partial charge in [-0.25, -0.2) is 0 Å². The van der Waals surface area contributed by atoms with Gasteiger partial charge in [0.2, 0.25) is 0 Å². The number of hydrogen-bond donors (Lipinski definition) is 5. The van der Waals surface area contributed by atoms with Crippen LogP contribution in [0.1, 0.15) is 93.1 Å². The number of ketones is 1. The number of oxime groups is 1. The lowest BCUT2D eigenvalue weighted by Crippen LogP contribution is -2.60. The van der Waals surface area contributed by atoms with Crippen molar-refractivity contribution in [1.29, 1.82) is 0 Å². The summed E-state index contributed by atoms with van der Waals surface area (Å²) >= 11 is 0. The number of likely N-dealkylation sites (N-methyl/N-ethyl adjacent to an activating group) is 1. The Morgan fingerprint density at radius 1 is 0.864 bits per heavy atom. The Morgan fingerprint density at radius 2 is 1.50 bits per heavy atom. The molecule has 2 aromatic carbocycles. The number of nitrogens with one attached hydrogen (secondary N) is 2. The van der Waals surface area contributed by atoms with Gasteiger partial charge < -0.3 is 59.4 Å². The average Bonchev–Trinajstić information content (AvgIpc) is 3.30. The fraction of sp³-hybridized carbons (Fsp3) is 0.706. The molecule has 15 nitrogen and oxygen atoms in total.